The van der Waals surface area contributed by atoms with Gasteiger partial charge < -0.3 is 14.6 Å². The summed E-state index contributed by atoms with van der Waals surface area (Å²) in [7, 11) is -3.24. The number of piperidine rings is 1. The van der Waals surface area contributed by atoms with Crippen LogP contribution in [-0.4, -0.2) is 64.2 Å². The topological polar surface area (TPSA) is 126 Å². The molecule has 1 aliphatic rings. The monoisotopic (exact) mass is 469 g/mol. The molecule has 1 fully saturated rings. The summed E-state index contributed by atoms with van der Waals surface area (Å²) in [6, 6.07) is 5.82. The van der Waals surface area contributed by atoms with Gasteiger partial charge in [-0.3, -0.25) is 0 Å². The lowest BCUT2D eigenvalue weighted by Gasteiger charge is -2.32. The molecule has 1 atom stereocenters. The van der Waals surface area contributed by atoms with E-state index in [1.165, 1.54) is 10.6 Å². The van der Waals surface area contributed by atoms with Gasteiger partial charge in [-0.15, -0.1) is 0 Å². The van der Waals surface area contributed by atoms with Crippen LogP contribution in [0.1, 0.15) is 31.7 Å². The van der Waals surface area contributed by atoms with Crippen molar-refractivity contribution in [1.82, 2.24) is 23.8 Å². The van der Waals surface area contributed by atoms with E-state index in [4.69, 9.17) is 9.72 Å². The highest BCUT2D eigenvalue weighted by molar-refractivity contribution is 7.88. The summed E-state index contributed by atoms with van der Waals surface area (Å²) in [5.41, 5.74) is 2.83. The smallest absolute Gasteiger partial charge is 0.211 e. The average Bonchev–Trinajstić information content (AvgIpc) is 3.16. The van der Waals surface area contributed by atoms with Gasteiger partial charge in [-0.25, -0.2) is 27.7 Å². The van der Waals surface area contributed by atoms with Crippen LogP contribution in [0.3, 0.4) is 0 Å². The Morgan fingerprint density at radius 2 is 2.21 bits per heavy atom. The van der Waals surface area contributed by atoms with Crippen molar-refractivity contribution in [2.75, 3.05) is 31.3 Å². The van der Waals surface area contributed by atoms with E-state index < -0.39 is 10.0 Å². The number of pyridine rings is 1. The molecule has 10 nitrogen and oxygen atoms in total. The van der Waals surface area contributed by atoms with Gasteiger partial charge in [0.25, 0.3) is 0 Å². The molecule has 0 aliphatic carbocycles. The number of nitriles is 1. The number of fused-ring (bicyclic) bond motifs is 1. The predicted octanol–water partition coefficient (Wildman–Crippen LogP) is 2.58. The van der Waals surface area contributed by atoms with E-state index in [0.29, 0.717) is 54.7 Å². The summed E-state index contributed by atoms with van der Waals surface area (Å²) < 4.78 is 32.8. The summed E-state index contributed by atoms with van der Waals surface area (Å²) in [5.74, 6) is 0.607. The molecule has 4 heterocycles. The number of sulfonamides is 1. The van der Waals surface area contributed by atoms with Crippen molar-refractivity contribution in [1.29, 1.82) is 5.26 Å². The molecule has 0 amide bonds. The number of nitrogens with zero attached hydrogens (tertiary/aromatic N) is 6. The minimum atomic E-state index is -3.24. The third-order valence-electron chi connectivity index (χ3n) is 5.54. The van der Waals surface area contributed by atoms with Crippen molar-refractivity contribution < 1.29 is 13.2 Å². The molecular formula is C22H27N7O3S. The molecule has 1 unspecified atom stereocenters. The van der Waals surface area contributed by atoms with Gasteiger partial charge in [0.2, 0.25) is 10.0 Å². The minimum Gasteiger partial charge on any atom is -0.365 e. The summed E-state index contributed by atoms with van der Waals surface area (Å²) in [6.07, 6.45) is 8.79. The average molecular weight is 470 g/mol. The summed E-state index contributed by atoms with van der Waals surface area (Å²) in [6.45, 7) is 3.88. The molecule has 0 saturated carbocycles. The van der Waals surface area contributed by atoms with Crippen molar-refractivity contribution >= 4 is 27.0 Å². The number of anilines is 1. The first-order valence-electron chi connectivity index (χ1n) is 10.9. The van der Waals surface area contributed by atoms with Crippen molar-refractivity contribution in [3.8, 4) is 17.3 Å². The molecule has 1 N–H and O–H groups in total. The second-order valence-electron chi connectivity index (χ2n) is 8.09. The van der Waals surface area contributed by atoms with Crippen LogP contribution in [0.15, 0.2) is 30.7 Å². The number of rotatable bonds is 8. The lowest BCUT2D eigenvalue weighted by molar-refractivity contribution is 0.0800. The summed E-state index contributed by atoms with van der Waals surface area (Å²) in [4.78, 5) is 13.8. The van der Waals surface area contributed by atoms with Crippen molar-refractivity contribution in [3.63, 3.8) is 0 Å². The Morgan fingerprint density at radius 1 is 1.36 bits per heavy atom. The largest absolute Gasteiger partial charge is 0.365 e. The van der Waals surface area contributed by atoms with Crippen LogP contribution in [-0.2, 0) is 21.5 Å². The fraction of sp³-hybridized carbons (Fsp3) is 0.455. The molecule has 1 aliphatic heterocycles. The Morgan fingerprint density at radius 3 is 2.97 bits per heavy atom. The van der Waals surface area contributed by atoms with Gasteiger partial charge in [-0.1, -0.05) is 6.92 Å². The summed E-state index contributed by atoms with van der Waals surface area (Å²) >= 11 is 0. The van der Waals surface area contributed by atoms with Gasteiger partial charge in [0.05, 0.1) is 23.7 Å². The lowest BCUT2D eigenvalue weighted by Crippen LogP contribution is -2.44. The van der Waals surface area contributed by atoms with E-state index in [-0.39, 0.29) is 6.04 Å². The van der Waals surface area contributed by atoms with Gasteiger partial charge in [0.15, 0.2) is 5.65 Å². The second-order valence-corrected chi connectivity index (χ2v) is 10.1. The third kappa shape index (κ3) is 5.13. The Bertz CT molecular complexity index is 1280. The fourth-order valence-electron chi connectivity index (χ4n) is 3.95. The van der Waals surface area contributed by atoms with Gasteiger partial charge in [-0.05, 0) is 31.4 Å². The molecule has 1 saturated heterocycles. The zero-order valence-electron chi connectivity index (χ0n) is 18.7. The highest BCUT2D eigenvalue weighted by Crippen LogP contribution is 2.28. The molecule has 3 aromatic heterocycles. The van der Waals surface area contributed by atoms with Gasteiger partial charge in [0.1, 0.15) is 24.1 Å². The van der Waals surface area contributed by atoms with Gasteiger partial charge in [-0.2, -0.15) is 5.26 Å². The predicted molar refractivity (Wildman–Crippen MR) is 125 cm³/mol. The molecule has 0 spiro atoms. The van der Waals surface area contributed by atoms with Crippen molar-refractivity contribution in [3.05, 3.63) is 36.3 Å². The van der Waals surface area contributed by atoms with Gasteiger partial charge in [0, 0.05) is 43.7 Å². The number of hydrogen-bond donors (Lipinski definition) is 1. The maximum atomic E-state index is 12.0. The Labute approximate surface area is 193 Å². The normalized spacial score (nSPS) is 17.2. The SMILES string of the molecule is CCCOCn1cc(C#N)c2nc(-c3cccnc3NC3CCCN(S(C)(=O)=O)C3)cnc21. The number of nitrogens with one attached hydrogen (secondary N) is 1. The molecule has 3 aromatic rings. The Balaban J connectivity index is 1.63. The molecule has 11 heteroatoms. The Kier molecular flexibility index (Phi) is 6.88. The van der Waals surface area contributed by atoms with E-state index >= 15 is 0 Å². The molecule has 0 aromatic carbocycles. The minimum absolute atomic E-state index is 0.0646. The molecular weight excluding hydrogens is 442 g/mol. The maximum absolute atomic E-state index is 12.0. The first-order chi connectivity index (χ1) is 15.9. The van der Waals surface area contributed by atoms with Crippen LogP contribution in [0.25, 0.3) is 22.4 Å². The zero-order chi connectivity index (χ0) is 23.4. The van der Waals surface area contributed by atoms with E-state index in [2.05, 4.69) is 21.4 Å². The quantitative estimate of drug-likeness (QED) is 0.499. The third-order valence-corrected chi connectivity index (χ3v) is 6.81. The fourth-order valence-corrected chi connectivity index (χ4v) is 4.86. The van der Waals surface area contributed by atoms with Crippen LogP contribution in [0, 0.1) is 11.3 Å². The van der Waals surface area contributed by atoms with Gasteiger partial charge >= 0.3 is 0 Å². The lowest BCUT2D eigenvalue weighted by atomic mass is 10.1. The highest BCUT2D eigenvalue weighted by atomic mass is 32.2. The standard InChI is InChI=1S/C22H27N7O3S/c1-3-10-32-15-28-13-16(11-23)20-22(28)25-12-19(27-20)18-7-4-8-24-21(18)26-17-6-5-9-29(14-17)33(2,30)31/h4,7-8,12-13,17H,3,5-6,9-10,14-15H2,1-2H3,(H,24,26). The van der Waals surface area contributed by atoms with E-state index in [1.807, 2.05) is 19.1 Å². The maximum Gasteiger partial charge on any atom is 0.211 e. The Hall–Kier alpha value is -3.07. The van der Waals surface area contributed by atoms with Crippen LogP contribution in [0.5, 0.6) is 0 Å². The number of hydrogen-bond acceptors (Lipinski definition) is 8. The number of ether oxygens (including phenoxy) is 1. The van der Waals surface area contributed by atoms with Crippen LogP contribution in [0.4, 0.5) is 5.82 Å². The molecule has 0 bridgehead atoms. The molecule has 4 rings (SSSR count). The van der Waals surface area contributed by atoms with E-state index in [0.717, 1.165) is 24.8 Å². The molecule has 0 radical (unpaired) electrons. The second kappa shape index (κ2) is 9.82. The van der Waals surface area contributed by atoms with Crippen molar-refractivity contribution in [2.24, 2.45) is 0 Å². The molecule has 33 heavy (non-hydrogen) atoms. The zero-order valence-corrected chi connectivity index (χ0v) is 19.5. The van der Waals surface area contributed by atoms with Crippen LogP contribution >= 0.6 is 0 Å². The first-order valence-corrected chi connectivity index (χ1v) is 12.8. The molecule has 174 valence electrons. The number of aromatic nitrogens is 4. The highest BCUT2D eigenvalue weighted by Gasteiger charge is 2.26. The summed E-state index contributed by atoms with van der Waals surface area (Å²) in [5, 5.41) is 13.0. The van der Waals surface area contributed by atoms with E-state index in [1.54, 1.807) is 23.2 Å². The van der Waals surface area contributed by atoms with E-state index in [9.17, 15) is 13.7 Å². The van der Waals surface area contributed by atoms with Crippen LogP contribution < -0.4 is 5.32 Å². The van der Waals surface area contributed by atoms with Crippen LogP contribution in [0.2, 0.25) is 0 Å². The van der Waals surface area contributed by atoms with Crippen molar-refractivity contribution in [2.45, 2.75) is 39.0 Å². The first kappa shape index (κ1) is 23.1.